The van der Waals surface area contributed by atoms with Crippen LogP contribution in [0.1, 0.15) is 30.4 Å². The molecule has 1 spiro atoms. The highest BCUT2D eigenvalue weighted by atomic mass is 32.2. The standard InChI is InChI=1S/C19H21NO4.C10H8O3S/c1-2-8-20-9-7-18-15-11-3-4-12(21)16(15)24-17(18)13(22)5-6-19(18,23)14(20)10-11;11-14(12,13)10-6-5-8-3-1-2-4-9(8)7-10/h2-4,14,17,21,23H,1,5-10H2;1-7H,(H,11,12,13)/t14-,17+,18+,19-;/m1./s1. The van der Waals surface area contributed by atoms with Gasteiger partial charge in [0.15, 0.2) is 23.4 Å². The maximum atomic E-state index is 12.6. The number of aromatic hydroxyl groups is 1. The smallest absolute Gasteiger partial charge is 0.294 e. The Balaban J connectivity index is 0.000000161. The van der Waals surface area contributed by atoms with Gasteiger partial charge < -0.3 is 14.9 Å². The molecule has 2 bridgehead atoms. The zero-order valence-electron chi connectivity index (χ0n) is 20.7. The zero-order chi connectivity index (χ0) is 26.9. The summed E-state index contributed by atoms with van der Waals surface area (Å²) in [5.41, 5.74) is 0.256. The van der Waals surface area contributed by atoms with Crippen LogP contribution in [0.25, 0.3) is 10.8 Å². The SMILES string of the molecule is C=CCN1CC[C@]23c4c5ccc(O)c4O[C@H]2C(=O)CC[C@@]3(O)[C@H]1C5.O=S(=O)(O)c1ccc2ccccc2c1. The first-order chi connectivity index (χ1) is 18.1. The molecule has 1 saturated carbocycles. The third-order valence-electron chi connectivity index (χ3n) is 8.75. The van der Waals surface area contributed by atoms with Gasteiger partial charge in [-0.15, -0.1) is 6.58 Å². The predicted molar refractivity (Wildman–Crippen MR) is 141 cm³/mol. The molecule has 3 aromatic carbocycles. The molecule has 1 saturated heterocycles. The van der Waals surface area contributed by atoms with E-state index in [1.54, 1.807) is 18.2 Å². The number of hydrogen-bond acceptors (Lipinski definition) is 7. The molecule has 2 fully saturated rings. The lowest BCUT2D eigenvalue weighted by Gasteiger charge is -2.62. The number of likely N-dealkylation sites (tertiary alicyclic amines) is 1. The molecule has 0 unspecified atom stereocenters. The van der Waals surface area contributed by atoms with Gasteiger partial charge in [0, 0.05) is 31.1 Å². The number of aliphatic hydroxyl groups is 1. The maximum absolute atomic E-state index is 12.6. The quantitative estimate of drug-likeness (QED) is 0.344. The fourth-order valence-corrected chi connectivity index (χ4v) is 7.64. The normalized spacial score (nSPS) is 29.2. The van der Waals surface area contributed by atoms with Crippen LogP contribution in [0.5, 0.6) is 11.5 Å². The second kappa shape index (κ2) is 8.64. The number of phenols is 1. The van der Waals surface area contributed by atoms with Crippen LogP contribution >= 0.6 is 0 Å². The average molecular weight is 536 g/mol. The monoisotopic (exact) mass is 535 g/mol. The van der Waals surface area contributed by atoms with E-state index in [2.05, 4.69) is 11.5 Å². The number of ketones is 1. The van der Waals surface area contributed by atoms with Crippen molar-refractivity contribution in [2.45, 2.75) is 53.7 Å². The molecule has 2 heterocycles. The molecule has 198 valence electrons. The summed E-state index contributed by atoms with van der Waals surface area (Å²) in [5, 5.41) is 23.8. The first-order valence-corrected chi connectivity index (χ1v) is 14.1. The number of fused-ring (bicyclic) bond motifs is 1. The van der Waals surface area contributed by atoms with Crippen molar-refractivity contribution in [1.29, 1.82) is 0 Å². The molecule has 2 aliphatic carbocycles. The molecule has 7 rings (SSSR count). The maximum Gasteiger partial charge on any atom is 0.294 e. The van der Waals surface area contributed by atoms with Crippen molar-refractivity contribution in [2.75, 3.05) is 13.1 Å². The van der Waals surface area contributed by atoms with Gasteiger partial charge in [0.1, 0.15) is 0 Å². The highest BCUT2D eigenvalue weighted by Gasteiger charge is 2.73. The highest BCUT2D eigenvalue weighted by molar-refractivity contribution is 7.85. The summed E-state index contributed by atoms with van der Waals surface area (Å²) in [5.74, 6) is 0.528. The van der Waals surface area contributed by atoms with Gasteiger partial charge in [-0.25, -0.2) is 0 Å². The van der Waals surface area contributed by atoms with E-state index < -0.39 is 27.2 Å². The predicted octanol–water partition coefficient (Wildman–Crippen LogP) is 3.39. The van der Waals surface area contributed by atoms with Gasteiger partial charge in [0.2, 0.25) is 0 Å². The third-order valence-corrected chi connectivity index (χ3v) is 9.60. The van der Waals surface area contributed by atoms with E-state index in [0.717, 1.165) is 35.0 Å². The minimum absolute atomic E-state index is 0.0408. The van der Waals surface area contributed by atoms with E-state index in [1.807, 2.05) is 30.3 Å². The van der Waals surface area contributed by atoms with E-state index >= 15 is 0 Å². The van der Waals surface area contributed by atoms with Crippen LogP contribution in [0.2, 0.25) is 0 Å². The molecule has 4 atom stereocenters. The summed E-state index contributed by atoms with van der Waals surface area (Å²) in [6.45, 7) is 5.36. The Kier molecular flexibility index (Phi) is 5.70. The summed E-state index contributed by atoms with van der Waals surface area (Å²) in [6, 6.07) is 15.4. The third kappa shape index (κ3) is 3.46. The molecule has 0 aromatic heterocycles. The first-order valence-electron chi connectivity index (χ1n) is 12.7. The summed E-state index contributed by atoms with van der Waals surface area (Å²) in [7, 11) is -4.09. The molecule has 9 heteroatoms. The second-order valence-electron chi connectivity index (χ2n) is 10.5. The number of rotatable bonds is 3. The van der Waals surface area contributed by atoms with Gasteiger partial charge in [-0.1, -0.05) is 42.5 Å². The number of Topliss-reactive ketones (excluding diaryl/α,β-unsaturated/α-hetero) is 1. The van der Waals surface area contributed by atoms with Crippen molar-refractivity contribution in [1.82, 2.24) is 4.90 Å². The Bertz CT molecular complexity index is 1590. The van der Waals surface area contributed by atoms with Gasteiger partial charge in [0.05, 0.1) is 15.9 Å². The lowest BCUT2D eigenvalue weighted by Crippen LogP contribution is -2.76. The van der Waals surface area contributed by atoms with Crippen LogP contribution in [-0.4, -0.2) is 64.7 Å². The average Bonchev–Trinajstić information content (AvgIpc) is 3.25. The van der Waals surface area contributed by atoms with Gasteiger partial charge >= 0.3 is 0 Å². The summed E-state index contributed by atoms with van der Waals surface area (Å²) in [4.78, 5) is 14.8. The largest absolute Gasteiger partial charge is 0.504 e. The van der Waals surface area contributed by atoms with Gasteiger partial charge in [-0.2, -0.15) is 8.42 Å². The molecule has 38 heavy (non-hydrogen) atoms. The molecule has 3 N–H and O–H groups in total. The molecule has 8 nitrogen and oxygen atoms in total. The molecule has 3 aromatic rings. The molecule has 0 amide bonds. The Labute approximate surface area is 220 Å². The zero-order valence-corrected chi connectivity index (χ0v) is 21.5. The highest BCUT2D eigenvalue weighted by Crippen LogP contribution is 2.64. The van der Waals surface area contributed by atoms with E-state index in [1.165, 1.54) is 12.1 Å². The van der Waals surface area contributed by atoms with E-state index in [9.17, 15) is 23.4 Å². The van der Waals surface area contributed by atoms with E-state index in [4.69, 9.17) is 9.29 Å². The second-order valence-corrected chi connectivity index (χ2v) is 12.0. The fourth-order valence-electron chi connectivity index (χ4n) is 7.13. The Hall–Kier alpha value is -3.24. The minimum Gasteiger partial charge on any atom is -0.504 e. The summed E-state index contributed by atoms with van der Waals surface area (Å²) < 4.78 is 36.5. The number of ether oxygens (including phenoxy) is 1. The molecule has 0 radical (unpaired) electrons. The summed E-state index contributed by atoms with van der Waals surface area (Å²) >= 11 is 0. The van der Waals surface area contributed by atoms with Gasteiger partial charge in [-0.3, -0.25) is 14.2 Å². The number of phenolic OH excluding ortho intramolecular Hbond substituents is 1. The van der Waals surface area contributed by atoms with Crippen molar-refractivity contribution in [3.63, 3.8) is 0 Å². The number of hydrogen-bond donors (Lipinski definition) is 3. The van der Waals surface area contributed by atoms with Crippen LogP contribution < -0.4 is 4.74 Å². The molecule has 2 aliphatic heterocycles. The van der Waals surface area contributed by atoms with E-state index in [0.29, 0.717) is 31.4 Å². The van der Waals surface area contributed by atoms with Crippen LogP contribution in [0.15, 0.2) is 72.1 Å². The van der Waals surface area contributed by atoms with Crippen molar-refractivity contribution >= 4 is 26.7 Å². The first kappa shape index (κ1) is 25.1. The lowest BCUT2D eigenvalue weighted by molar-refractivity contribution is -0.187. The van der Waals surface area contributed by atoms with Crippen molar-refractivity contribution < 1.29 is 32.7 Å². The van der Waals surface area contributed by atoms with E-state index in [-0.39, 0.29) is 22.5 Å². The molecular weight excluding hydrogens is 506 g/mol. The molecular formula is C29H29NO7S. The number of benzene rings is 3. The van der Waals surface area contributed by atoms with Crippen molar-refractivity contribution in [3.05, 3.63) is 78.4 Å². The van der Waals surface area contributed by atoms with Gasteiger partial charge in [-0.05, 0) is 53.8 Å². The number of piperidine rings is 1. The Morgan fingerprint density at radius 2 is 1.87 bits per heavy atom. The minimum atomic E-state index is -4.09. The van der Waals surface area contributed by atoms with Crippen LogP contribution in [0, 0.1) is 0 Å². The fraction of sp³-hybridized carbons (Fsp3) is 0.345. The number of nitrogens with zero attached hydrogens (tertiary/aromatic N) is 1. The number of carbonyl (C=O) groups is 1. The summed E-state index contributed by atoms with van der Waals surface area (Å²) in [6.07, 6.45) is 3.35. The van der Waals surface area contributed by atoms with Crippen LogP contribution in [0.4, 0.5) is 0 Å². The Morgan fingerprint density at radius 3 is 2.61 bits per heavy atom. The van der Waals surface area contributed by atoms with Crippen molar-refractivity contribution in [2.24, 2.45) is 0 Å². The number of carbonyl (C=O) groups excluding carboxylic acids is 1. The van der Waals surface area contributed by atoms with Crippen molar-refractivity contribution in [3.8, 4) is 11.5 Å². The van der Waals surface area contributed by atoms with Crippen LogP contribution in [0.3, 0.4) is 0 Å². The lowest BCUT2D eigenvalue weighted by atomic mass is 9.49. The van der Waals surface area contributed by atoms with Gasteiger partial charge in [0.25, 0.3) is 10.1 Å². The van der Waals surface area contributed by atoms with Crippen LogP contribution in [-0.2, 0) is 26.7 Å². The topological polar surface area (TPSA) is 124 Å². The Morgan fingerprint density at radius 1 is 1.11 bits per heavy atom. The molecule has 4 aliphatic rings.